The Bertz CT molecular complexity index is 1010. The SMILES string of the molecule is CCN(CC)CCn1c(NC(=O)[C@@H](C)n2cc([N+](=O)[O-])cn2)nc2ccccc21. The molecule has 29 heavy (non-hydrogen) atoms. The summed E-state index contributed by atoms with van der Waals surface area (Å²) in [7, 11) is 0. The van der Waals surface area contributed by atoms with Crippen molar-refractivity contribution in [3.63, 3.8) is 0 Å². The molecule has 3 aromatic rings. The summed E-state index contributed by atoms with van der Waals surface area (Å²) in [5.74, 6) is 0.110. The number of nitrogens with one attached hydrogen (secondary N) is 1. The maximum Gasteiger partial charge on any atom is 0.307 e. The third-order valence-corrected chi connectivity index (χ3v) is 5.00. The van der Waals surface area contributed by atoms with E-state index in [1.165, 1.54) is 10.9 Å². The average Bonchev–Trinajstić information content (AvgIpc) is 3.33. The third-order valence-electron chi connectivity index (χ3n) is 5.00. The third kappa shape index (κ3) is 4.43. The Balaban J connectivity index is 1.83. The van der Waals surface area contributed by atoms with Crippen LogP contribution >= 0.6 is 0 Å². The number of likely N-dealkylation sites (N-methyl/N-ethyl adjacent to an activating group) is 1. The maximum atomic E-state index is 12.8. The van der Waals surface area contributed by atoms with Crippen molar-refractivity contribution in [2.45, 2.75) is 33.4 Å². The number of nitrogens with zero attached hydrogens (tertiary/aromatic N) is 6. The highest BCUT2D eigenvalue weighted by Crippen LogP contribution is 2.21. The maximum absolute atomic E-state index is 12.8. The number of fused-ring (bicyclic) bond motifs is 1. The second kappa shape index (κ2) is 8.82. The molecule has 0 fully saturated rings. The Morgan fingerprint density at radius 1 is 1.31 bits per heavy atom. The van der Waals surface area contributed by atoms with Gasteiger partial charge in [0, 0.05) is 13.1 Å². The summed E-state index contributed by atoms with van der Waals surface area (Å²) in [5.41, 5.74) is 1.58. The normalized spacial score (nSPS) is 12.4. The molecule has 0 saturated carbocycles. The molecule has 10 nitrogen and oxygen atoms in total. The Kier molecular flexibility index (Phi) is 6.23. The molecular weight excluding hydrogens is 374 g/mol. The van der Waals surface area contributed by atoms with Gasteiger partial charge in [0.2, 0.25) is 5.95 Å². The molecule has 0 aliphatic rings. The van der Waals surface area contributed by atoms with E-state index in [2.05, 4.69) is 34.1 Å². The van der Waals surface area contributed by atoms with E-state index in [4.69, 9.17) is 0 Å². The Morgan fingerprint density at radius 2 is 2.03 bits per heavy atom. The zero-order chi connectivity index (χ0) is 21.0. The lowest BCUT2D eigenvalue weighted by Crippen LogP contribution is -2.29. The summed E-state index contributed by atoms with van der Waals surface area (Å²) in [4.78, 5) is 29.9. The number of para-hydroxylation sites is 2. The van der Waals surface area contributed by atoms with Gasteiger partial charge in [0.1, 0.15) is 18.4 Å². The van der Waals surface area contributed by atoms with E-state index in [-0.39, 0.29) is 11.6 Å². The van der Waals surface area contributed by atoms with Crippen LogP contribution in [0, 0.1) is 10.1 Å². The van der Waals surface area contributed by atoms with Gasteiger partial charge in [-0.3, -0.25) is 24.9 Å². The predicted octanol–water partition coefficient (Wildman–Crippen LogP) is 2.68. The fourth-order valence-corrected chi connectivity index (χ4v) is 3.15. The van der Waals surface area contributed by atoms with E-state index in [0.29, 0.717) is 12.5 Å². The molecule has 3 rings (SSSR count). The van der Waals surface area contributed by atoms with E-state index in [0.717, 1.165) is 36.9 Å². The topological polar surface area (TPSA) is 111 Å². The quantitative estimate of drug-likeness (QED) is 0.437. The van der Waals surface area contributed by atoms with Gasteiger partial charge in [-0.15, -0.1) is 0 Å². The van der Waals surface area contributed by atoms with E-state index >= 15 is 0 Å². The zero-order valence-corrected chi connectivity index (χ0v) is 16.8. The highest BCUT2D eigenvalue weighted by molar-refractivity contribution is 5.93. The number of anilines is 1. The van der Waals surface area contributed by atoms with Crippen LogP contribution in [-0.2, 0) is 11.3 Å². The smallest absolute Gasteiger partial charge is 0.307 e. The molecule has 0 radical (unpaired) electrons. The van der Waals surface area contributed by atoms with E-state index in [9.17, 15) is 14.9 Å². The first-order valence-electron chi connectivity index (χ1n) is 9.61. The van der Waals surface area contributed by atoms with Gasteiger partial charge >= 0.3 is 5.69 Å². The van der Waals surface area contributed by atoms with Crippen LogP contribution in [-0.4, -0.2) is 54.7 Å². The van der Waals surface area contributed by atoms with Crippen molar-refractivity contribution >= 4 is 28.6 Å². The van der Waals surface area contributed by atoms with E-state index in [1.54, 1.807) is 6.92 Å². The number of carbonyl (C=O) groups excluding carboxylic acids is 1. The van der Waals surface area contributed by atoms with Gasteiger partial charge in [0.15, 0.2) is 0 Å². The first-order valence-corrected chi connectivity index (χ1v) is 9.61. The standard InChI is InChI=1S/C19H25N7O3/c1-4-23(5-2)10-11-24-17-9-7-6-8-16(17)21-19(24)22-18(27)14(3)25-13-15(12-20-25)26(28)29/h6-9,12-14H,4-5,10-11H2,1-3H3,(H,21,22,27)/t14-/m1/s1. The van der Waals surface area contributed by atoms with Gasteiger partial charge in [-0.05, 0) is 32.1 Å². The van der Waals surface area contributed by atoms with Crippen molar-refractivity contribution < 1.29 is 9.72 Å². The minimum Gasteiger partial charge on any atom is -0.309 e. The fraction of sp³-hybridized carbons (Fsp3) is 0.421. The molecule has 2 aromatic heterocycles. The van der Waals surface area contributed by atoms with Crippen LogP contribution in [0.15, 0.2) is 36.7 Å². The number of imidazole rings is 1. The predicted molar refractivity (Wildman–Crippen MR) is 110 cm³/mol. The van der Waals surface area contributed by atoms with Crippen molar-refractivity contribution in [2.24, 2.45) is 0 Å². The van der Waals surface area contributed by atoms with Crippen molar-refractivity contribution in [1.29, 1.82) is 0 Å². The molecule has 0 aliphatic heterocycles. The lowest BCUT2D eigenvalue weighted by atomic mass is 10.3. The number of hydrogen-bond donors (Lipinski definition) is 1. The summed E-state index contributed by atoms with van der Waals surface area (Å²) in [5, 5.41) is 17.6. The number of amides is 1. The van der Waals surface area contributed by atoms with Crippen LogP contribution in [0.5, 0.6) is 0 Å². The summed E-state index contributed by atoms with van der Waals surface area (Å²) < 4.78 is 3.26. The number of rotatable bonds is 9. The average molecular weight is 399 g/mol. The van der Waals surface area contributed by atoms with Crippen LogP contribution < -0.4 is 5.32 Å². The van der Waals surface area contributed by atoms with Gasteiger partial charge in [-0.25, -0.2) is 4.98 Å². The largest absolute Gasteiger partial charge is 0.309 e. The second-order valence-electron chi connectivity index (χ2n) is 6.70. The van der Waals surface area contributed by atoms with Gasteiger partial charge in [-0.1, -0.05) is 26.0 Å². The molecule has 0 spiro atoms. The van der Waals surface area contributed by atoms with E-state index < -0.39 is 11.0 Å². The molecule has 0 saturated heterocycles. The first-order chi connectivity index (χ1) is 13.9. The molecule has 0 bridgehead atoms. The minimum absolute atomic E-state index is 0.156. The summed E-state index contributed by atoms with van der Waals surface area (Å²) in [6.45, 7) is 9.26. The Labute approximate surface area is 168 Å². The van der Waals surface area contributed by atoms with Crippen molar-refractivity contribution in [2.75, 3.05) is 25.0 Å². The van der Waals surface area contributed by atoms with Crippen molar-refractivity contribution in [1.82, 2.24) is 24.2 Å². The minimum atomic E-state index is -0.722. The Hall–Kier alpha value is -3.27. The molecule has 1 atom stereocenters. The molecule has 2 heterocycles. The number of nitro groups is 1. The monoisotopic (exact) mass is 399 g/mol. The summed E-state index contributed by atoms with van der Waals surface area (Å²) in [6.07, 6.45) is 2.37. The molecule has 154 valence electrons. The highest BCUT2D eigenvalue weighted by atomic mass is 16.6. The lowest BCUT2D eigenvalue weighted by Gasteiger charge is -2.19. The number of carbonyl (C=O) groups is 1. The second-order valence-corrected chi connectivity index (χ2v) is 6.70. The molecule has 10 heteroatoms. The first kappa shape index (κ1) is 20.5. The van der Waals surface area contributed by atoms with Gasteiger partial charge in [0.05, 0.1) is 16.0 Å². The number of hydrogen-bond acceptors (Lipinski definition) is 6. The summed E-state index contributed by atoms with van der Waals surface area (Å²) in [6, 6.07) is 7.00. The van der Waals surface area contributed by atoms with Crippen LogP contribution in [0.3, 0.4) is 0 Å². The zero-order valence-electron chi connectivity index (χ0n) is 16.8. The Morgan fingerprint density at radius 3 is 2.69 bits per heavy atom. The van der Waals surface area contributed by atoms with Crippen molar-refractivity contribution in [3.8, 4) is 0 Å². The van der Waals surface area contributed by atoms with Gasteiger partial charge in [0.25, 0.3) is 5.91 Å². The molecule has 1 amide bonds. The van der Waals surface area contributed by atoms with Gasteiger partial charge in [-0.2, -0.15) is 5.10 Å². The molecule has 0 aliphatic carbocycles. The molecule has 1 N–H and O–H groups in total. The summed E-state index contributed by atoms with van der Waals surface area (Å²) >= 11 is 0. The highest BCUT2D eigenvalue weighted by Gasteiger charge is 2.21. The number of benzene rings is 1. The van der Waals surface area contributed by atoms with Crippen LogP contribution in [0.25, 0.3) is 11.0 Å². The molecular formula is C19H25N7O3. The van der Waals surface area contributed by atoms with Crippen LogP contribution in [0.2, 0.25) is 0 Å². The van der Waals surface area contributed by atoms with Crippen molar-refractivity contribution in [3.05, 3.63) is 46.8 Å². The van der Waals surface area contributed by atoms with Crippen LogP contribution in [0.4, 0.5) is 11.6 Å². The van der Waals surface area contributed by atoms with Gasteiger partial charge < -0.3 is 9.47 Å². The van der Waals surface area contributed by atoms with E-state index in [1.807, 2.05) is 28.8 Å². The fourth-order valence-electron chi connectivity index (χ4n) is 3.15. The number of aromatic nitrogens is 4. The molecule has 0 unspecified atom stereocenters. The molecule has 1 aromatic carbocycles. The van der Waals surface area contributed by atoms with Crippen LogP contribution in [0.1, 0.15) is 26.8 Å². The lowest BCUT2D eigenvalue weighted by molar-refractivity contribution is -0.385.